The van der Waals surface area contributed by atoms with Crippen LogP contribution in [0.25, 0.3) is 0 Å². The van der Waals surface area contributed by atoms with Gasteiger partial charge in [0.25, 0.3) is 0 Å². The summed E-state index contributed by atoms with van der Waals surface area (Å²) in [5.74, 6) is 0. The molecule has 3 rings (SSSR count). The van der Waals surface area contributed by atoms with Gasteiger partial charge < -0.3 is 10.2 Å². The molecule has 1 N–H and O–H groups in total. The molecule has 0 heterocycles. The van der Waals surface area contributed by atoms with Crippen LogP contribution in [0.5, 0.6) is 0 Å². The van der Waals surface area contributed by atoms with Gasteiger partial charge in [-0.25, -0.2) is 0 Å². The van der Waals surface area contributed by atoms with E-state index in [1.165, 1.54) is 54.2 Å². The van der Waals surface area contributed by atoms with E-state index in [0.717, 1.165) is 25.2 Å². The van der Waals surface area contributed by atoms with Gasteiger partial charge in [0, 0.05) is 35.3 Å². The minimum absolute atomic E-state index is 0.752. The summed E-state index contributed by atoms with van der Waals surface area (Å²) in [6.45, 7) is 4.37. The maximum absolute atomic E-state index is 3.76. The molecule has 2 aliphatic rings. The lowest BCUT2D eigenvalue weighted by atomic mass is 10.1. The third-order valence-corrected chi connectivity index (χ3v) is 5.37. The molecule has 0 spiro atoms. The number of anilines is 1. The molecule has 2 nitrogen and oxygen atoms in total. The topological polar surface area (TPSA) is 15.3 Å². The third kappa shape index (κ3) is 3.37. The molecule has 0 saturated heterocycles. The lowest BCUT2D eigenvalue weighted by molar-refractivity contribution is 0.619. The maximum Gasteiger partial charge on any atom is 0.0380 e. The van der Waals surface area contributed by atoms with Crippen molar-refractivity contribution in [2.24, 2.45) is 0 Å². The Morgan fingerprint density at radius 1 is 1.20 bits per heavy atom. The average Bonchev–Trinajstić information content (AvgIpc) is 3.13. The first kappa shape index (κ1) is 14.4. The molecule has 1 aromatic rings. The van der Waals surface area contributed by atoms with Crippen molar-refractivity contribution in [2.75, 3.05) is 11.4 Å². The van der Waals surface area contributed by atoms with E-state index in [0.29, 0.717) is 0 Å². The van der Waals surface area contributed by atoms with Crippen LogP contribution in [0.15, 0.2) is 22.7 Å². The molecule has 2 fully saturated rings. The van der Waals surface area contributed by atoms with Crippen molar-refractivity contribution in [1.29, 1.82) is 0 Å². The summed E-state index contributed by atoms with van der Waals surface area (Å²) in [5.41, 5.74) is 2.75. The molecule has 0 unspecified atom stereocenters. The summed E-state index contributed by atoms with van der Waals surface area (Å²) in [4.78, 5) is 2.58. The van der Waals surface area contributed by atoms with Gasteiger partial charge in [-0.15, -0.1) is 0 Å². The fraction of sp³-hybridized carbons (Fsp3) is 0.647. The summed E-state index contributed by atoms with van der Waals surface area (Å²) < 4.78 is 1.25. The van der Waals surface area contributed by atoms with Gasteiger partial charge in [-0.3, -0.25) is 0 Å². The van der Waals surface area contributed by atoms with E-state index in [1.54, 1.807) is 0 Å². The Kier molecular flexibility index (Phi) is 4.67. The molecular weight excluding hydrogens is 312 g/mol. The highest BCUT2D eigenvalue weighted by Gasteiger charge is 2.23. The summed E-state index contributed by atoms with van der Waals surface area (Å²) in [5, 5.41) is 3.59. The lowest BCUT2D eigenvalue weighted by Gasteiger charge is -2.30. The standard InChI is InChI=1S/C17H25BrN2/c1-2-20(15-5-3-4-6-15)16-10-7-13(17(18)11-16)12-19-14-8-9-14/h7,10-11,14-15,19H,2-6,8-9,12H2,1H3. The molecule has 0 aromatic heterocycles. The largest absolute Gasteiger partial charge is 0.369 e. The molecule has 20 heavy (non-hydrogen) atoms. The predicted octanol–water partition coefficient (Wildman–Crippen LogP) is 4.47. The fourth-order valence-electron chi connectivity index (χ4n) is 3.27. The van der Waals surface area contributed by atoms with Gasteiger partial charge in [-0.2, -0.15) is 0 Å². The number of benzene rings is 1. The quantitative estimate of drug-likeness (QED) is 0.824. The van der Waals surface area contributed by atoms with Crippen LogP contribution in [0.1, 0.15) is 51.0 Å². The zero-order valence-electron chi connectivity index (χ0n) is 12.4. The zero-order chi connectivity index (χ0) is 13.9. The second-order valence-electron chi connectivity index (χ2n) is 6.16. The number of rotatable bonds is 6. The van der Waals surface area contributed by atoms with Crippen molar-refractivity contribution in [3.8, 4) is 0 Å². The minimum Gasteiger partial charge on any atom is -0.369 e. The maximum atomic E-state index is 3.76. The Morgan fingerprint density at radius 3 is 2.55 bits per heavy atom. The van der Waals surface area contributed by atoms with E-state index in [-0.39, 0.29) is 0 Å². The van der Waals surface area contributed by atoms with Crippen molar-refractivity contribution in [3.63, 3.8) is 0 Å². The SMILES string of the molecule is CCN(c1ccc(CNC2CC2)c(Br)c1)C1CCCC1. The molecule has 0 amide bonds. The molecule has 3 heteroatoms. The second-order valence-corrected chi connectivity index (χ2v) is 7.01. The van der Waals surface area contributed by atoms with Gasteiger partial charge in [0.1, 0.15) is 0 Å². The Bertz CT molecular complexity index is 450. The molecule has 1 aromatic carbocycles. The van der Waals surface area contributed by atoms with Crippen molar-refractivity contribution in [3.05, 3.63) is 28.2 Å². The van der Waals surface area contributed by atoms with Gasteiger partial charge in [0.05, 0.1) is 0 Å². The number of hydrogen-bond donors (Lipinski definition) is 1. The van der Waals surface area contributed by atoms with Gasteiger partial charge in [0.15, 0.2) is 0 Å². The Balaban J connectivity index is 1.70. The molecule has 0 atom stereocenters. The van der Waals surface area contributed by atoms with E-state index in [1.807, 2.05) is 0 Å². The smallest absolute Gasteiger partial charge is 0.0380 e. The van der Waals surface area contributed by atoms with Crippen LogP contribution in [0.3, 0.4) is 0 Å². The van der Waals surface area contributed by atoms with Gasteiger partial charge in [-0.05, 0) is 50.3 Å². The normalized spacial score (nSPS) is 19.5. The summed E-state index contributed by atoms with van der Waals surface area (Å²) in [7, 11) is 0. The van der Waals surface area contributed by atoms with Crippen molar-refractivity contribution in [2.45, 2.75) is 64.1 Å². The number of hydrogen-bond acceptors (Lipinski definition) is 2. The lowest BCUT2D eigenvalue weighted by Crippen LogP contribution is -2.32. The van der Waals surface area contributed by atoms with Gasteiger partial charge in [-0.1, -0.05) is 34.8 Å². The van der Waals surface area contributed by atoms with Crippen molar-refractivity contribution < 1.29 is 0 Å². The minimum atomic E-state index is 0.752. The van der Waals surface area contributed by atoms with E-state index in [4.69, 9.17) is 0 Å². The van der Waals surface area contributed by atoms with Gasteiger partial charge in [0.2, 0.25) is 0 Å². The summed E-state index contributed by atoms with van der Waals surface area (Å²) in [6.07, 6.45) is 8.20. The first-order valence-electron chi connectivity index (χ1n) is 8.06. The Morgan fingerprint density at radius 2 is 1.95 bits per heavy atom. The van der Waals surface area contributed by atoms with Crippen molar-refractivity contribution >= 4 is 21.6 Å². The highest BCUT2D eigenvalue weighted by Crippen LogP contribution is 2.31. The Hall–Kier alpha value is -0.540. The number of nitrogens with zero attached hydrogens (tertiary/aromatic N) is 1. The average molecular weight is 337 g/mol. The first-order valence-corrected chi connectivity index (χ1v) is 8.85. The predicted molar refractivity (Wildman–Crippen MR) is 89.3 cm³/mol. The van der Waals surface area contributed by atoms with Crippen LogP contribution in [-0.4, -0.2) is 18.6 Å². The molecule has 0 aliphatic heterocycles. The number of nitrogens with one attached hydrogen (secondary N) is 1. The van der Waals surface area contributed by atoms with Crippen LogP contribution in [0.4, 0.5) is 5.69 Å². The third-order valence-electron chi connectivity index (χ3n) is 4.63. The summed E-state index contributed by atoms with van der Waals surface area (Å²) in [6, 6.07) is 8.42. The van der Waals surface area contributed by atoms with Gasteiger partial charge >= 0.3 is 0 Å². The molecular formula is C17H25BrN2. The van der Waals surface area contributed by atoms with Crippen LogP contribution >= 0.6 is 15.9 Å². The van der Waals surface area contributed by atoms with Crippen molar-refractivity contribution in [1.82, 2.24) is 5.32 Å². The molecule has 2 aliphatic carbocycles. The van der Waals surface area contributed by atoms with Crippen LogP contribution < -0.4 is 10.2 Å². The van der Waals surface area contributed by atoms with E-state index in [9.17, 15) is 0 Å². The monoisotopic (exact) mass is 336 g/mol. The molecule has 0 radical (unpaired) electrons. The number of halogens is 1. The van der Waals surface area contributed by atoms with E-state index < -0.39 is 0 Å². The molecule has 0 bridgehead atoms. The Labute approximate surface area is 131 Å². The van der Waals surface area contributed by atoms with E-state index >= 15 is 0 Å². The molecule has 110 valence electrons. The summed E-state index contributed by atoms with van der Waals surface area (Å²) >= 11 is 3.76. The van der Waals surface area contributed by atoms with E-state index in [2.05, 4.69) is 51.3 Å². The van der Waals surface area contributed by atoms with Crippen LogP contribution in [0.2, 0.25) is 0 Å². The van der Waals surface area contributed by atoms with Crippen LogP contribution in [0, 0.1) is 0 Å². The highest BCUT2D eigenvalue weighted by molar-refractivity contribution is 9.10. The molecule has 2 saturated carbocycles. The zero-order valence-corrected chi connectivity index (χ0v) is 14.0. The fourth-order valence-corrected chi connectivity index (χ4v) is 3.77. The first-order chi connectivity index (χ1) is 9.78. The highest BCUT2D eigenvalue weighted by atomic mass is 79.9. The van der Waals surface area contributed by atoms with Crippen LogP contribution in [-0.2, 0) is 6.54 Å². The second kappa shape index (κ2) is 6.48.